The minimum Gasteiger partial charge on any atom is -0.457 e. The summed E-state index contributed by atoms with van der Waals surface area (Å²) >= 11 is 0. The van der Waals surface area contributed by atoms with Gasteiger partial charge < -0.3 is 13.9 Å². The molecule has 6 heteroatoms. The number of nitrogens with zero attached hydrogens (tertiary/aromatic N) is 5. The fourth-order valence-corrected chi connectivity index (χ4v) is 10.2. The zero-order chi connectivity index (χ0) is 44.4. The molecule has 0 amide bonds. The highest BCUT2D eigenvalue weighted by Gasteiger charge is 2.24. The van der Waals surface area contributed by atoms with Crippen LogP contribution in [0.2, 0.25) is 0 Å². The standard InChI is InChI=1S/C61H41N5O/c1-40-35-52(62-38-51(40)41-17-3-2-4-18-41)42-19-13-21-44(36-42)67-45-22-14-20-43(37-45)64-39-63-61-50(27-15-34-59(61)64)60-57(65-53-28-9-5-23-46(53)47-24-6-10-29-54(47)65)32-16-33-58(60)66-55-30-11-7-25-48(55)49-26-8-12-31-56(49)66/h2-39H,1H3. The van der Waals surface area contributed by atoms with Crippen molar-refractivity contribution in [2.75, 3.05) is 0 Å². The van der Waals surface area contributed by atoms with Gasteiger partial charge in [-0.3, -0.25) is 9.55 Å². The maximum absolute atomic E-state index is 6.60. The topological polar surface area (TPSA) is 49.8 Å². The van der Waals surface area contributed by atoms with E-state index in [1.54, 1.807) is 0 Å². The molecule has 316 valence electrons. The lowest BCUT2D eigenvalue weighted by Crippen LogP contribution is -2.04. The Labute approximate surface area is 386 Å². The van der Waals surface area contributed by atoms with Gasteiger partial charge in [-0.1, -0.05) is 140 Å². The predicted molar refractivity (Wildman–Crippen MR) is 275 cm³/mol. The summed E-state index contributed by atoms with van der Waals surface area (Å²) in [7, 11) is 0. The zero-order valence-corrected chi connectivity index (χ0v) is 36.6. The molecule has 6 nitrogen and oxygen atoms in total. The van der Waals surface area contributed by atoms with Gasteiger partial charge in [0.25, 0.3) is 0 Å². The van der Waals surface area contributed by atoms with Crippen molar-refractivity contribution >= 4 is 54.6 Å². The third-order valence-corrected chi connectivity index (χ3v) is 13.2. The summed E-state index contributed by atoms with van der Waals surface area (Å²) in [5.74, 6) is 1.46. The highest BCUT2D eigenvalue weighted by Crippen LogP contribution is 2.44. The Bertz CT molecular complexity index is 3810. The van der Waals surface area contributed by atoms with Crippen LogP contribution in [0.3, 0.4) is 0 Å². The molecule has 0 radical (unpaired) electrons. The van der Waals surface area contributed by atoms with Crippen LogP contribution in [-0.4, -0.2) is 23.7 Å². The van der Waals surface area contributed by atoms with Crippen molar-refractivity contribution in [3.05, 3.63) is 236 Å². The first-order valence-corrected chi connectivity index (χ1v) is 22.6. The molecule has 0 saturated carbocycles. The highest BCUT2D eigenvalue weighted by atomic mass is 16.5. The summed E-state index contributed by atoms with van der Waals surface area (Å²) < 4.78 is 13.6. The molecule has 9 aromatic carbocycles. The van der Waals surface area contributed by atoms with E-state index < -0.39 is 0 Å². The highest BCUT2D eigenvalue weighted by molar-refractivity contribution is 6.12. The van der Waals surface area contributed by atoms with Crippen LogP contribution in [0.25, 0.3) is 105 Å². The fraction of sp³-hybridized carbons (Fsp3) is 0.0164. The van der Waals surface area contributed by atoms with E-state index in [1.807, 2.05) is 42.9 Å². The van der Waals surface area contributed by atoms with Gasteiger partial charge in [-0.25, -0.2) is 4.98 Å². The zero-order valence-electron chi connectivity index (χ0n) is 36.6. The van der Waals surface area contributed by atoms with Crippen molar-refractivity contribution in [3.63, 3.8) is 0 Å². The van der Waals surface area contributed by atoms with E-state index >= 15 is 0 Å². The minimum absolute atomic E-state index is 0.724. The molecule has 0 aliphatic heterocycles. The molecule has 13 aromatic rings. The summed E-state index contributed by atoms with van der Waals surface area (Å²) in [5.41, 5.74) is 17.1. The van der Waals surface area contributed by atoms with Crippen LogP contribution in [0.4, 0.5) is 0 Å². The number of aromatic nitrogens is 5. The first-order valence-electron chi connectivity index (χ1n) is 22.6. The molecule has 13 rings (SSSR count). The number of imidazole rings is 1. The van der Waals surface area contributed by atoms with Crippen LogP contribution in [0.15, 0.2) is 231 Å². The van der Waals surface area contributed by atoms with Crippen LogP contribution in [0.1, 0.15) is 5.56 Å². The number of hydrogen-bond acceptors (Lipinski definition) is 3. The second kappa shape index (κ2) is 15.6. The minimum atomic E-state index is 0.724. The average Bonchev–Trinajstić information content (AvgIpc) is 4.07. The van der Waals surface area contributed by atoms with Gasteiger partial charge in [0.15, 0.2) is 0 Å². The van der Waals surface area contributed by atoms with E-state index in [2.05, 4.69) is 209 Å². The fourth-order valence-electron chi connectivity index (χ4n) is 10.2. The van der Waals surface area contributed by atoms with Crippen molar-refractivity contribution in [2.24, 2.45) is 0 Å². The van der Waals surface area contributed by atoms with Crippen LogP contribution in [-0.2, 0) is 0 Å². The van der Waals surface area contributed by atoms with E-state index in [4.69, 9.17) is 14.7 Å². The number of aryl methyl sites for hydroxylation is 1. The average molecular weight is 860 g/mol. The van der Waals surface area contributed by atoms with Crippen LogP contribution in [0.5, 0.6) is 11.5 Å². The molecule has 0 N–H and O–H groups in total. The molecular formula is C61H41N5O. The molecule has 0 bridgehead atoms. The smallest absolute Gasteiger partial charge is 0.129 e. The van der Waals surface area contributed by atoms with Crippen LogP contribution < -0.4 is 4.74 Å². The molecule has 0 atom stereocenters. The first-order chi connectivity index (χ1) is 33.2. The lowest BCUT2D eigenvalue weighted by molar-refractivity contribution is 0.482. The quantitative estimate of drug-likeness (QED) is 0.153. The summed E-state index contributed by atoms with van der Waals surface area (Å²) in [6.45, 7) is 2.14. The number of rotatable bonds is 8. The summed E-state index contributed by atoms with van der Waals surface area (Å²) in [4.78, 5) is 10.1. The normalized spacial score (nSPS) is 11.7. The van der Waals surface area contributed by atoms with Gasteiger partial charge in [-0.15, -0.1) is 0 Å². The van der Waals surface area contributed by atoms with Gasteiger partial charge in [0.1, 0.15) is 17.8 Å². The van der Waals surface area contributed by atoms with Gasteiger partial charge in [0, 0.05) is 56.1 Å². The van der Waals surface area contributed by atoms with Gasteiger partial charge >= 0.3 is 0 Å². The van der Waals surface area contributed by atoms with E-state index in [-0.39, 0.29) is 0 Å². The summed E-state index contributed by atoms with van der Waals surface area (Å²) in [5, 5.41) is 4.86. The Morgan fingerprint density at radius 1 is 0.403 bits per heavy atom. The lowest BCUT2D eigenvalue weighted by Gasteiger charge is -2.20. The van der Waals surface area contributed by atoms with Crippen molar-refractivity contribution in [1.29, 1.82) is 0 Å². The third-order valence-electron chi connectivity index (χ3n) is 13.2. The van der Waals surface area contributed by atoms with Crippen molar-refractivity contribution < 1.29 is 4.74 Å². The van der Waals surface area contributed by atoms with E-state index in [0.29, 0.717) is 0 Å². The Morgan fingerprint density at radius 2 is 0.910 bits per heavy atom. The lowest BCUT2D eigenvalue weighted by atomic mass is 9.98. The van der Waals surface area contributed by atoms with Gasteiger partial charge in [-0.2, -0.15) is 0 Å². The molecule has 4 heterocycles. The monoisotopic (exact) mass is 859 g/mol. The molecular weight excluding hydrogens is 819 g/mol. The number of pyridine rings is 1. The number of fused-ring (bicyclic) bond motifs is 7. The number of para-hydroxylation sites is 5. The number of hydrogen-bond donors (Lipinski definition) is 0. The second-order valence-electron chi connectivity index (χ2n) is 17.1. The summed E-state index contributed by atoms with van der Waals surface area (Å²) in [6.07, 6.45) is 3.90. The Kier molecular flexibility index (Phi) is 8.96. The van der Waals surface area contributed by atoms with E-state index in [9.17, 15) is 0 Å². The van der Waals surface area contributed by atoms with Crippen molar-refractivity contribution in [1.82, 2.24) is 23.7 Å². The molecule has 4 aromatic heterocycles. The van der Waals surface area contributed by atoms with Crippen LogP contribution in [0, 0.1) is 6.92 Å². The van der Waals surface area contributed by atoms with Gasteiger partial charge in [0.2, 0.25) is 0 Å². The van der Waals surface area contributed by atoms with Gasteiger partial charge in [-0.05, 0) is 90.8 Å². The van der Waals surface area contributed by atoms with Crippen molar-refractivity contribution in [2.45, 2.75) is 6.92 Å². The Morgan fingerprint density at radius 3 is 1.52 bits per heavy atom. The van der Waals surface area contributed by atoms with E-state index in [1.165, 1.54) is 27.1 Å². The maximum atomic E-state index is 6.60. The number of benzene rings is 9. The second-order valence-corrected chi connectivity index (χ2v) is 17.1. The van der Waals surface area contributed by atoms with Gasteiger partial charge in [0.05, 0.1) is 55.9 Å². The molecule has 0 aliphatic carbocycles. The molecule has 0 spiro atoms. The van der Waals surface area contributed by atoms with E-state index in [0.717, 1.165) is 95.2 Å². The predicted octanol–water partition coefficient (Wildman–Crippen LogP) is 15.7. The maximum Gasteiger partial charge on any atom is 0.129 e. The van der Waals surface area contributed by atoms with Crippen LogP contribution >= 0.6 is 0 Å². The molecule has 67 heavy (non-hydrogen) atoms. The molecule has 0 saturated heterocycles. The SMILES string of the molecule is Cc1cc(-c2cccc(Oc3cccc(-n4cnc5c(-c6c(-n7c8ccccc8c8ccccc87)cccc6-n6c7ccccc7c7ccccc76)cccc54)c3)c2)ncc1-c1ccccc1. The summed E-state index contributed by atoms with van der Waals surface area (Å²) in [6, 6.07) is 77.0. The van der Waals surface area contributed by atoms with Crippen molar-refractivity contribution in [3.8, 4) is 62.1 Å². The Balaban J connectivity index is 0.943. The molecule has 0 unspecified atom stereocenters. The number of ether oxygens (including phenoxy) is 1. The first kappa shape index (κ1) is 38.5. The third kappa shape index (κ3) is 6.33. The largest absolute Gasteiger partial charge is 0.457 e. The molecule has 0 fully saturated rings. The molecule has 0 aliphatic rings. The Hall–Kier alpha value is -9.00.